The van der Waals surface area contributed by atoms with Crippen LogP contribution in [0.2, 0.25) is 5.02 Å². The summed E-state index contributed by atoms with van der Waals surface area (Å²) in [7, 11) is 0. The Labute approximate surface area is 171 Å². The van der Waals surface area contributed by atoms with Crippen molar-refractivity contribution in [3.63, 3.8) is 0 Å². The summed E-state index contributed by atoms with van der Waals surface area (Å²) in [5.41, 5.74) is 3.02. The summed E-state index contributed by atoms with van der Waals surface area (Å²) in [6.07, 6.45) is 6.02. The van der Waals surface area contributed by atoms with Gasteiger partial charge >= 0.3 is 0 Å². The maximum absolute atomic E-state index is 6.46. The van der Waals surface area contributed by atoms with Crippen LogP contribution >= 0.6 is 11.6 Å². The van der Waals surface area contributed by atoms with E-state index in [0.29, 0.717) is 17.5 Å². The maximum Gasteiger partial charge on any atom is 0.241 e. The Morgan fingerprint density at radius 1 is 0.857 bits per heavy atom. The number of hydrogen-bond donors (Lipinski definition) is 0. The maximum atomic E-state index is 6.46. The minimum absolute atomic E-state index is 0.488. The van der Waals surface area contributed by atoms with E-state index in [-0.39, 0.29) is 0 Å². The first kappa shape index (κ1) is 19.0. The van der Waals surface area contributed by atoms with Crippen LogP contribution in [0.1, 0.15) is 24.8 Å². The zero-order valence-corrected chi connectivity index (χ0v) is 16.8. The molecule has 1 saturated heterocycles. The van der Waals surface area contributed by atoms with Crippen molar-refractivity contribution in [2.45, 2.75) is 32.4 Å². The van der Waals surface area contributed by atoms with Gasteiger partial charge in [-0.25, -0.2) is 0 Å². The fourth-order valence-electron chi connectivity index (χ4n) is 3.64. The molecule has 0 bridgehead atoms. The van der Waals surface area contributed by atoms with Crippen molar-refractivity contribution < 1.29 is 4.74 Å². The molecule has 1 fully saturated rings. The molecule has 1 aliphatic heterocycles. The van der Waals surface area contributed by atoms with Crippen LogP contribution < -0.4 is 4.74 Å². The Morgan fingerprint density at radius 2 is 1.61 bits per heavy atom. The van der Waals surface area contributed by atoms with Crippen molar-refractivity contribution in [1.29, 1.82) is 0 Å². The summed E-state index contributed by atoms with van der Waals surface area (Å²) in [6, 6.07) is 18.0. The average Bonchev–Trinajstić information content (AvgIpc) is 3.15. The lowest BCUT2D eigenvalue weighted by Crippen LogP contribution is -2.32. The lowest BCUT2D eigenvalue weighted by Gasteiger charge is -2.26. The predicted molar refractivity (Wildman–Crippen MR) is 114 cm³/mol. The van der Waals surface area contributed by atoms with Crippen molar-refractivity contribution in [2.24, 2.45) is 0 Å². The van der Waals surface area contributed by atoms with E-state index in [1.165, 1.54) is 32.4 Å². The number of benzene rings is 2. The van der Waals surface area contributed by atoms with E-state index < -0.39 is 0 Å². The molecule has 0 saturated carbocycles. The first-order valence-electron chi connectivity index (χ1n) is 10.0. The lowest BCUT2D eigenvalue weighted by molar-refractivity contribution is 0.216. The van der Waals surface area contributed by atoms with Crippen molar-refractivity contribution >= 4 is 11.6 Å². The second-order valence-electron chi connectivity index (χ2n) is 7.27. The third-order valence-corrected chi connectivity index (χ3v) is 5.53. The van der Waals surface area contributed by atoms with Gasteiger partial charge in [0.1, 0.15) is 6.61 Å². The molecule has 0 atom stereocenters. The highest BCUT2D eigenvalue weighted by Gasteiger charge is 2.16. The monoisotopic (exact) mass is 395 g/mol. The number of rotatable bonds is 7. The van der Waals surface area contributed by atoms with E-state index in [1.807, 2.05) is 47.1 Å². The van der Waals surface area contributed by atoms with Crippen LogP contribution in [0.4, 0.5) is 0 Å². The van der Waals surface area contributed by atoms with Gasteiger partial charge in [0.25, 0.3) is 0 Å². The van der Waals surface area contributed by atoms with E-state index in [4.69, 9.17) is 21.4 Å². The number of likely N-dealkylation sites (tertiary alicyclic amines) is 1. The molecule has 0 spiro atoms. The fourth-order valence-corrected chi connectivity index (χ4v) is 3.88. The summed E-state index contributed by atoms with van der Waals surface area (Å²) in [4.78, 5) is 2.52. The van der Waals surface area contributed by atoms with Gasteiger partial charge in [-0.1, -0.05) is 66.6 Å². The fraction of sp³-hybridized carbons (Fsp3) is 0.348. The largest absolute Gasteiger partial charge is 0.471 e. The third kappa shape index (κ3) is 4.75. The molecule has 28 heavy (non-hydrogen) atoms. The number of hydrogen-bond acceptors (Lipinski definition) is 3. The van der Waals surface area contributed by atoms with E-state index in [0.717, 1.165) is 29.8 Å². The van der Waals surface area contributed by atoms with E-state index >= 15 is 0 Å². The quantitative estimate of drug-likeness (QED) is 0.546. The van der Waals surface area contributed by atoms with E-state index in [1.54, 1.807) is 0 Å². The highest BCUT2D eigenvalue weighted by molar-refractivity contribution is 6.33. The van der Waals surface area contributed by atoms with Crippen LogP contribution in [0.25, 0.3) is 11.1 Å². The summed E-state index contributed by atoms with van der Waals surface area (Å²) in [5.74, 6) is 0.635. The molecule has 0 aliphatic carbocycles. The van der Waals surface area contributed by atoms with E-state index in [9.17, 15) is 0 Å². The summed E-state index contributed by atoms with van der Waals surface area (Å²) < 4.78 is 8.09. The summed E-state index contributed by atoms with van der Waals surface area (Å²) in [6.45, 7) is 4.74. The number of nitrogens with zero attached hydrogens (tertiary/aromatic N) is 3. The standard InChI is InChI=1S/C23H26ClN3O/c24-22-12-6-5-11-20(22)21-17-27(16-15-26-13-7-2-8-14-26)25-23(21)28-18-19-9-3-1-4-10-19/h1,3-6,9-12,17H,2,7-8,13-16,18H2. The lowest BCUT2D eigenvalue weighted by atomic mass is 10.1. The Bertz CT molecular complexity index is 888. The van der Waals surface area contributed by atoms with Crippen LogP contribution in [-0.4, -0.2) is 34.3 Å². The van der Waals surface area contributed by atoms with Crippen molar-refractivity contribution in [1.82, 2.24) is 14.7 Å². The van der Waals surface area contributed by atoms with Crippen molar-refractivity contribution in [2.75, 3.05) is 19.6 Å². The molecule has 1 aliphatic rings. The molecule has 3 aromatic rings. The van der Waals surface area contributed by atoms with Crippen LogP contribution in [0.5, 0.6) is 5.88 Å². The van der Waals surface area contributed by atoms with Gasteiger partial charge in [0.15, 0.2) is 0 Å². The number of halogens is 1. The smallest absolute Gasteiger partial charge is 0.241 e. The van der Waals surface area contributed by atoms with Gasteiger partial charge in [0, 0.05) is 23.3 Å². The van der Waals surface area contributed by atoms with Gasteiger partial charge in [0.05, 0.1) is 12.1 Å². The normalized spacial score (nSPS) is 14.9. The van der Waals surface area contributed by atoms with Gasteiger partial charge in [-0.3, -0.25) is 4.68 Å². The topological polar surface area (TPSA) is 30.3 Å². The van der Waals surface area contributed by atoms with Crippen molar-refractivity contribution in [3.8, 4) is 17.0 Å². The molecule has 2 aromatic carbocycles. The van der Waals surface area contributed by atoms with Crippen LogP contribution in [0.15, 0.2) is 60.8 Å². The van der Waals surface area contributed by atoms with Gasteiger partial charge in [0.2, 0.25) is 5.88 Å². The Morgan fingerprint density at radius 3 is 2.39 bits per heavy atom. The zero-order chi connectivity index (χ0) is 19.2. The number of ether oxygens (including phenoxy) is 1. The van der Waals surface area contributed by atoms with Gasteiger partial charge in [-0.15, -0.1) is 5.10 Å². The molecule has 0 N–H and O–H groups in total. The van der Waals surface area contributed by atoms with Crippen LogP contribution in [0.3, 0.4) is 0 Å². The van der Waals surface area contributed by atoms with Gasteiger partial charge in [-0.05, 0) is 37.6 Å². The van der Waals surface area contributed by atoms with Crippen molar-refractivity contribution in [3.05, 3.63) is 71.4 Å². The summed E-state index contributed by atoms with van der Waals surface area (Å²) in [5, 5.41) is 5.45. The molecule has 4 rings (SSSR count). The molecule has 0 radical (unpaired) electrons. The van der Waals surface area contributed by atoms with Gasteiger partial charge in [-0.2, -0.15) is 0 Å². The Kier molecular flexibility index (Phi) is 6.30. The second-order valence-corrected chi connectivity index (χ2v) is 7.67. The minimum Gasteiger partial charge on any atom is -0.471 e. The first-order valence-corrected chi connectivity index (χ1v) is 10.4. The minimum atomic E-state index is 0.488. The number of piperidine rings is 1. The highest BCUT2D eigenvalue weighted by atomic mass is 35.5. The molecule has 4 nitrogen and oxygen atoms in total. The molecule has 0 unspecified atom stereocenters. The molecule has 5 heteroatoms. The second kappa shape index (κ2) is 9.26. The first-order chi connectivity index (χ1) is 13.8. The zero-order valence-electron chi connectivity index (χ0n) is 16.1. The van der Waals surface area contributed by atoms with Crippen LogP contribution in [-0.2, 0) is 13.2 Å². The average molecular weight is 396 g/mol. The molecule has 0 amide bonds. The van der Waals surface area contributed by atoms with Gasteiger partial charge < -0.3 is 9.64 Å². The summed E-state index contributed by atoms with van der Waals surface area (Å²) >= 11 is 6.46. The molecular weight excluding hydrogens is 370 g/mol. The Balaban J connectivity index is 1.53. The predicted octanol–water partition coefficient (Wildman–Crippen LogP) is 5.27. The van der Waals surface area contributed by atoms with Crippen LogP contribution in [0, 0.1) is 0 Å². The highest BCUT2D eigenvalue weighted by Crippen LogP contribution is 2.34. The molecule has 146 valence electrons. The molecule has 1 aromatic heterocycles. The molecule has 2 heterocycles. The van der Waals surface area contributed by atoms with E-state index in [2.05, 4.69) is 23.2 Å². The third-order valence-electron chi connectivity index (χ3n) is 5.20. The molecular formula is C23H26ClN3O. The number of aromatic nitrogens is 2. The SMILES string of the molecule is Clc1ccccc1-c1cn(CCN2CCCCC2)nc1OCc1ccccc1. The Hall–Kier alpha value is -2.30.